The third kappa shape index (κ3) is 5.24. The number of aromatic amines is 1. The van der Waals surface area contributed by atoms with Crippen LogP contribution in [0.3, 0.4) is 0 Å². The van der Waals surface area contributed by atoms with Crippen molar-refractivity contribution in [2.45, 2.75) is 42.5 Å². The number of methoxy groups -OCH3 is 1. The normalized spacial score (nSPS) is 16.9. The first-order chi connectivity index (χ1) is 18.5. The summed E-state index contributed by atoms with van der Waals surface area (Å²) in [6, 6.07) is 17.5. The van der Waals surface area contributed by atoms with Crippen molar-refractivity contribution in [2.24, 2.45) is 0 Å². The second-order valence-corrected chi connectivity index (χ2v) is 10.3. The molecule has 1 fully saturated rings. The van der Waals surface area contributed by atoms with Gasteiger partial charge < -0.3 is 20.4 Å². The fourth-order valence-corrected chi connectivity index (χ4v) is 5.63. The number of ether oxygens (including phenoxy) is 1. The molecule has 1 saturated heterocycles. The zero-order valence-electron chi connectivity index (χ0n) is 21.5. The summed E-state index contributed by atoms with van der Waals surface area (Å²) in [6.07, 6.45) is 7.20. The Balaban J connectivity index is 1.28. The van der Waals surface area contributed by atoms with Crippen molar-refractivity contribution in [3.8, 4) is 17.1 Å². The van der Waals surface area contributed by atoms with Crippen LogP contribution in [0.2, 0.25) is 0 Å². The summed E-state index contributed by atoms with van der Waals surface area (Å²) >= 11 is 1.56. The Morgan fingerprint density at radius 1 is 1.16 bits per heavy atom. The van der Waals surface area contributed by atoms with Gasteiger partial charge in [-0.3, -0.25) is 9.59 Å². The number of hydrogen-bond donors (Lipinski definition) is 3. The minimum absolute atomic E-state index is 0.0230. The van der Waals surface area contributed by atoms with Crippen LogP contribution in [0, 0.1) is 0 Å². The number of imidazole rings is 1. The fraction of sp³-hybridized carbons (Fsp3) is 0.310. The molecule has 2 amide bonds. The van der Waals surface area contributed by atoms with E-state index in [0.29, 0.717) is 30.8 Å². The third-order valence-electron chi connectivity index (χ3n) is 7.03. The van der Waals surface area contributed by atoms with Gasteiger partial charge in [0.15, 0.2) is 0 Å². The van der Waals surface area contributed by atoms with Crippen LogP contribution >= 0.6 is 11.8 Å². The van der Waals surface area contributed by atoms with Gasteiger partial charge in [0, 0.05) is 23.2 Å². The SMILES string of the molecule is COc1nc2ccccc2cc1-c1cnc(C2(CCCCNC(=O)c3ccccc3SC)CCC(=O)N2)[nH]1. The quantitative estimate of drug-likeness (QED) is 0.196. The number of unbranched alkanes of at least 4 members (excludes halogenated alkanes) is 1. The van der Waals surface area contributed by atoms with Gasteiger partial charge in [0.2, 0.25) is 11.8 Å². The van der Waals surface area contributed by atoms with Crippen LogP contribution in [-0.2, 0) is 10.3 Å². The highest BCUT2D eigenvalue weighted by Crippen LogP contribution is 2.37. The number of thioether (sulfide) groups is 1. The van der Waals surface area contributed by atoms with E-state index in [1.54, 1.807) is 25.1 Å². The van der Waals surface area contributed by atoms with E-state index in [0.717, 1.165) is 52.1 Å². The zero-order valence-corrected chi connectivity index (χ0v) is 22.4. The topological polar surface area (TPSA) is 109 Å². The molecule has 0 spiro atoms. The Bertz CT molecular complexity index is 1470. The maximum absolute atomic E-state index is 12.6. The molecule has 0 bridgehead atoms. The summed E-state index contributed by atoms with van der Waals surface area (Å²) < 4.78 is 5.58. The first-order valence-corrected chi connectivity index (χ1v) is 14.0. The number of rotatable bonds is 10. The molecule has 0 saturated carbocycles. The molecule has 1 aliphatic heterocycles. The highest BCUT2D eigenvalue weighted by molar-refractivity contribution is 7.98. The van der Waals surface area contributed by atoms with E-state index in [-0.39, 0.29) is 11.8 Å². The number of carbonyl (C=O) groups excluding carboxylic acids is 2. The number of amides is 2. The van der Waals surface area contributed by atoms with E-state index in [2.05, 4.69) is 20.6 Å². The van der Waals surface area contributed by atoms with E-state index in [4.69, 9.17) is 9.72 Å². The first kappa shape index (κ1) is 25.8. The first-order valence-electron chi connectivity index (χ1n) is 12.7. The molecule has 9 heteroatoms. The molecule has 3 N–H and O–H groups in total. The van der Waals surface area contributed by atoms with E-state index < -0.39 is 5.54 Å². The van der Waals surface area contributed by atoms with Gasteiger partial charge >= 0.3 is 0 Å². The number of aromatic nitrogens is 3. The molecule has 1 unspecified atom stereocenters. The van der Waals surface area contributed by atoms with Crippen LogP contribution < -0.4 is 15.4 Å². The Kier molecular flexibility index (Phi) is 7.64. The molecule has 196 valence electrons. The van der Waals surface area contributed by atoms with Gasteiger partial charge in [-0.05, 0) is 56.2 Å². The average Bonchev–Trinajstić information content (AvgIpc) is 3.60. The Labute approximate surface area is 226 Å². The van der Waals surface area contributed by atoms with Crippen molar-refractivity contribution in [1.82, 2.24) is 25.6 Å². The minimum atomic E-state index is -0.567. The molecular formula is C29H31N5O3S. The van der Waals surface area contributed by atoms with Crippen LogP contribution in [0.5, 0.6) is 5.88 Å². The molecule has 1 aliphatic rings. The summed E-state index contributed by atoms with van der Waals surface area (Å²) in [5.74, 6) is 1.20. The summed E-state index contributed by atoms with van der Waals surface area (Å²) in [5.41, 5.74) is 2.59. The molecular weight excluding hydrogens is 498 g/mol. The Morgan fingerprint density at radius 2 is 1.97 bits per heavy atom. The van der Waals surface area contributed by atoms with Crippen molar-refractivity contribution in [1.29, 1.82) is 0 Å². The smallest absolute Gasteiger partial charge is 0.252 e. The maximum atomic E-state index is 12.6. The molecule has 8 nitrogen and oxygen atoms in total. The number of carbonyl (C=O) groups is 2. The van der Waals surface area contributed by atoms with Crippen LogP contribution in [0.25, 0.3) is 22.2 Å². The van der Waals surface area contributed by atoms with Crippen molar-refractivity contribution >= 4 is 34.5 Å². The van der Waals surface area contributed by atoms with E-state index in [9.17, 15) is 9.59 Å². The summed E-state index contributed by atoms with van der Waals surface area (Å²) in [4.78, 5) is 38.7. The van der Waals surface area contributed by atoms with Crippen LogP contribution in [0.1, 0.15) is 48.3 Å². The predicted octanol–water partition coefficient (Wildman–Crippen LogP) is 5.06. The summed E-state index contributed by atoms with van der Waals surface area (Å²) in [6.45, 7) is 0.564. The van der Waals surface area contributed by atoms with E-state index >= 15 is 0 Å². The summed E-state index contributed by atoms with van der Waals surface area (Å²) in [5, 5.41) is 7.21. The van der Waals surface area contributed by atoms with Crippen molar-refractivity contribution in [2.75, 3.05) is 19.9 Å². The standard InChI is InChI=1S/C29H31N5O3S/c1-37-27-21(17-19-9-3-5-11-22(19)32-27)23-18-31-28(33-23)29(15-13-25(35)34-29)14-7-8-16-30-26(36)20-10-4-6-12-24(20)38-2/h3-6,9-12,17-18H,7-8,13-16H2,1-2H3,(H,30,36)(H,31,33)(H,34,35). The predicted molar refractivity (Wildman–Crippen MR) is 149 cm³/mol. The van der Waals surface area contributed by atoms with Crippen molar-refractivity contribution in [3.05, 3.63) is 72.2 Å². The number of para-hydroxylation sites is 1. The molecule has 38 heavy (non-hydrogen) atoms. The van der Waals surface area contributed by atoms with Gasteiger partial charge in [-0.15, -0.1) is 11.8 Å². The van der Waals surface area contributed by atoms with Gasteiger partial charge in [0.1, 0.15) is 5.82 Å². The maximum Gasteiger partial charge on any atom is 0.252 e. The highest BCUT2D eigenvalue weighted by Gasteiger charge is 2.41. The number of nitrogens with zero attached hydrogens (tertiary/aromatic N) is 2. The number of benzene rings is 2. The average molecular weight is 530 g/mol. The second-order valence-electron chi connectivity index (χ2n) is 9.43. The number of fused-ring (bicyclic) bond motifs is 1. The van der Waals surface area contributed by atoms with Crippen molar-refractivity contribution in [3.63, 3.8) is 0 Å². The molecule has 3 heterocycles. The largest absolute Gasteiger partial charge is 0.480 e. The molecule has 4 aromatic rings. The second kappa shape index (κ2) is 11.3. The monoisotopic (exact) mass is 529 g/mol. The van der Waals surface area contributed by atoms with Gasteiger partial charge in [-0.1, -0.05) is 30.3 Å². The van der Waals surface area contributed by atoms with Crippen LogP contribution in [0.4, 0.5) is 0 Å². The molecule has 0 radical (unpaired) electrons. The number of hydrogen-bond acceptors (Lipinski definition) is 6. The number of pyridine rings is 1. The lowest BCUT2D eigenvalue weighted by Gasteiger charge is -2.27. The van der Waals surface area contributed by atoms with Gasteiger partial charge in [0.05, 0.1) is 41.2 Å². The van der Waals surface area contributed by atoms with E-state index in [1.165, 1.54) is 0 Å². The van der Waals surface area contributed by atoms with Crippen molar-refractivity contribution < 1.29 is 14.3 Å². The zero-order chi connectivity index (χ0) is 26.5. The van der Waals surface area contributed by atoms with Gasteiger partial charge in [-0.2, -0.15) is 0 Å². The summed E-state index contributed by atoms with van der Waals surface area (Å²) in [7, 11) is 1.61. The Hall–Kier alpha value is -3.85. The van der Waals surface area contributed by atoms with Gasteiger partial charge in [0.25, 0.3) is 5.91 Å². The molecule has 1 atom stereocenters. The number of nitrogens with one attached hydrogen (secondary N) is 3. The molecule has 5 rings (SSSR count). The lowest BCUT2D eigenvalue weighted by atomic mass is 9.90. The third-order valence-corrected chi connectivity index (χ3v) is 7.82. The van der Waals surface area contributed by atoms with Crippen LogP contribution in [0.15, 0.2) is 65.7 Å². The van der Waals surface area contributed by atoms with Crippen LogP contribution in [-0.4, -0.2) is 46.7 Å². The lowest BCUT2D eigenvalue weighted by Crippen LogP contribution is -2.40. The molecule has 2 aromatic heterocycles. The Morgan fingerprint density at radius 3 is 2.76 bits per heavy atom. The van der Waals surface area contributed by atoms with E-state index in [1.807, 2.05) is 60.9 Å². The minimum Gasteiger partial charge on any atom is -0.480 e. The molecule has 2 aromatic carbocycles. The fourth-order valence-electron chi connectivity index (χ4n) is 5.03. The molecule has 0 aliphatic carbocycles. The number of H-pyrrole nitrogens is 1. The van der Waals surface area contributed by atoms with Gasteiger partial charge in [-0.25, -0.2) is 9.97 Å². The lowest BCUT2D eigenvalue weighted by molar-refractivity contribution is -0.120. The highest BCUT2D eigenvalue weighted by atomic mass is 32.2.